The predicted molar refractivity (Wildman–Crippen MR) is 116 cm³/mol. The van der Waals surface area contributed by atoms with Gasteiger partial charge in [0.1, 0.15) is 11.4 Å². The second-order valence-corrected chi connectivity index (χ2v) is 9.85. The third-order valence-corrected chi connectivity index (χ3v) is 6.66. The molecule has 0 bridgehead atoms. The van der Waals surface area contributed by atoms with Crippen LogP contribution in [0.3, 0.4) is 0 Å². The van der Waals surface area contributed by atoms with Gasteiger partial charge in [0.05, 0.1) is 12.8 Å². The number of hydrogen-bond donors (Lipinski definition) is 1. The molecule has 2 amide bonds. The Labute approximate surface area is 181 Å². The second kappa shape index (κ2) is 8.76. The van der Waals surface area contributed by atoms with Crippen molar-refractivity contribution in [2.24, 2.45) is 0 Å². The van der Waals surface area contributed by atoms with Crippen LogP contribution < -0.4 is 10.2 Å². The molecule has 0 spiro atoms. The summed E-state index contributed by atoms with van der Waals surface area (Å²) in [5, 5.41) is 2.77. The molecular weight excluding hydrogens is 421 g/mol. The average Bonchev–Trinajstić information content (AvgIpc) is 2.72. The maximum Gasteiger partial charge on any atom is 0.247 e. The van der Waals surface area contributed by atoms with Crippen molar-refractivity contribution >= 4 is 27.5 Å². The zero-order chi connectivity index (χ0) is 22.8. The summed E-state index contributed by atoms with van der Waals surface area (Å²) in [4.78, 5) is 27.7. The third kappa shape index (κ3) is 4.94. The molecular formula is C22H26FN3O4S. The van der Waals surface area contributed by atoms with Crippen LogP contribution in [0, 0.1) is 5.82 Å². The van der Waals surface area contributed by atoms with E-state index < -0.39 is 27.4 Å². The standard InChI is InChI=1S/C22H26FN3O4S/c1-4-16-7-11-19(12-8-16)26-20(27)14-25(31(3,29)30)15-22(26,2)21(28)24-13-17-5-9-18(23)10-6-17/h5-12H,4,13-15H2,1-3H3,(H,24,28). The second-order valence-electron chi connectivity index (χ2n) is 7.86. The number of piperazine rings is 1. The van der Waals surface area contributed by atoms with Crippen LogP contribution in [-0.2, 0) is 32.6 Å². The first-order chi connectivity index (χ1) is 14.5. The van der Waals surface area contributed by atoms with Gasteiger partial charge in [-0.1, -0.05) is 31.2 Å². The molecule has 1 heterocycles. The zero-order valence-electron chi connectivity index (χ0n) is 17.8. The van der Waals surface area contributed by atoms with Gasteiger partial charge in [0.15, 0.2) is 0 Å². The van der Waals surface area contributed by atoms with Crippen molar-refractivity contribution in [2.75, 3.05) is 24.2 Å². The van der Waals surface area contributed by atoms with Gasteiger partial charge in [0.2, 0.25) is 21.8 Å². The van der Waals surface area contributed by atoms with Gasteiger partial charge in [0, 0.05) is 18.8 Å². The molecule has 1 fully saturated rings. The molecule has 1 aliphatic heterocycles. The van der Waals surface area contributed by atoms with Crippen LogP contribution >= 0.6 is 0 Å². The van der Waals surface area contributed by atoms with Crippen LogP contribution in [0.1, 0.15) is 25.0 Å². The fraction of sp³-hybridized carbons (Fsp3) is 0.364. The van der Waals surface area contributed by atoms with Crippen LogP contribution in [0.25, 0.3) is 0 Å². The molecule has 1 aliphatic rings. The SMILES string of the molecule is CCc1ccc(N2C(=O)CN(S(C)(=O)=O)CC2(C)C(=O)NCc2ccc(F)cc2)cc1. The van der Waals surface area contributed by atoms with Crippen LogP contribution in [-0.4, -0.2) is 49.4 Å². The summed E-state index contributed by atoms with van der Waals surface area (Å²) in [6, 6.07) is 13.0. The van der Waals surface area contributed by atoms with Gasteiger partial charge in [-0.2, -0.15) is 4.31 Å². The Balaban J connectivity index is 1.93. The largest absolute Gasteiger partial charge is 0.350 e. The van der Waals surface area contributed by atoms with Gasteiger partial charge < -0.3 is 5.32 Å². The number of rotatable bonds is 6. The van der Waals surface area contributed by atoms with E-state index in [1.807, 2.05) is 19.1 Å². The van der Waals surface area contributed by atoms with E-state index in [9.17, 15) is 22.4 Å². The molecule has 3 rings (SSSR count). The summed E-state index contributed by atoms with van der Waals surface area (Å²) >= 11 is 0. The lowest BCUT2D eigenvalue weighted by Gasteiger charge is -2.46. The lowest BCUT2D eigenvalue weighted by atomic mass is 9.94. The number of hydrogen-bond acceptors (Lipinski definition) is 4. The number of carbonyl (C=O) groups is 2. The minimum Gasteiger partial charge on any atom is -0.350 e. The van der Waals surface area contributed by atoms with Gasteiger partial charge in [0.25, 0.3) is 0 Å². The van der Waals surface area contributed by atoms with E-state index in [0.717, 1.165) is 22.5 Å². The van der Waals surface area contributed by atoms with Gasteiger partial charge >= 0.3 is 0 Å². The smallest absolute Gasteiger partial charge is 0.247 e. The highest BCUT2D eigenvalue weighted by molar-refractivity contribution is 7.88. The van der Waals surface area contributed by atoms with Crippen molar-refractivity contribution in [3.8, 4) is 0 Å². The lowest BCUT2D eigenvalue weighted by Crippen LogP contribution is -2.70. The van der Waals surface area contributed by atoms with Crippen molar-refractivity contribution in [2.45, 2.75) is 32.4 Å². The maximum absolute atomic E-state index is 13.3. The van der Waals surface area contributed by atoms with Gasteiger partial charge in [-0.15, -0.1) is 0 Å². The lowest BCUT2D eigenvalue weighted by molar-refractivity contribution is -0.133. The monoisotopic (exact) mass is 447 g/mol. The molecule has 0 aliphatic carbocycles. The van der Waals surface area contributed by atoms with E-state index in [-0.39, 0.29) is 25.5 Å². The van der Waals surface area contributed by atoms with Gasteiger partial charge in [-0.25, -0.2) is 12.8 Å². The number of sulfonamides is 1. The molecule has 2 aromatic rings. The number of benzene rings is 2. The molecule has 0 aromatic heterocycles. The minimum absolute atomic E-state index is 0.115. The van der Waals surface area contributed by atoms with E-state index in [1.54, 1.807) is 31.2 Å². The van der Waals surface area contributed by atoms with Gasteiger partial charge in [-0.05, 0) is 48.7 Å². The van der Waals surface area contributed by atoms with Crippen molar-refractivity contribution in [3.63, 3.8) is 0 Å². The van der Waals surface area contributed by atoms with Crippen LogP contribution in [0.2, 0.25) is 0 Å². The van der Waals surface area contributed by atoms with E-state index in [2.05, 4.69) is 5.32 Å². The maximum atomic E-state index is 13.3. The van der Waals surface area contributed by atoms with Crippen LogP contribution in [0.4, 0.5) is 10.1 Å². The summed E-state index contributed by atoms with van der Waals surface area (Å²) in [5.74, 6) is -1.37. The summed E-state index contributed by atoms with van der Waals surface area (Å²) in [6.45, 7) is 3.16. The first-order valence-corrected chi connectivity index (χ1v) is 11.8. The minimum atomic E-state index is -3.69. The fourth-order valence-electron chi connectivity index (χ4n) is 3.66. The molecule has 0 radical (unpaired) electrons. The van der Waals surface area contributed by atoms with Crippen LogP contribution in [0.15, 0.2) is 48.5 Å². The van der Waals surface area contributed by atoms with E-state index in [0.29, 0.717) is 11.3 Å². The summed E-state index contributed by atoms with van der Waals surface area (Å²) < 4.78 is 38.5. The number of nitrogens with zero attached hydrogens (tertiary/aromatic N) is 2. The Kier molecular flexibility index (Phi) is 6.47. The van der Waals surface area contributed by atoms with E-state index >= 15 is 0 Å². The van der Waals surface area contributed by atoms with Crippen molar-refractivity contribution in [3.05, 3.63) is 65.5 Å². The Morgan fingerprint density at radius 2 is 1.68 bits per heavy atom. The molecule has 7 nitrogen and oxygen atoms in total. The predicted octanol–water partition coefficient (Wildman–Crippen LogP) is 2.07. The summed E-state index contributed by atoms with van der Waals surface area (Å²) in [5.41, 5.74) is 0.814. The number of amides is 2. The highest BCUT2D eigenvalue weighted by Crippen LogP contribution is 2.31. The summed E-state index contributed by atoms with van der Waals surface area (Å²) in [7, 11) is -3.69. The summed E-state index contributed by atoms with van der Waals surface area (Å²) in [6.07, 6.45) is 1.84. The Morgan fingerprint density at radius 1 is 1.10 bits per heavy atom. The highest BCUT2D eigenvalue weighted by Gasteiger charge is 2.50. The van der Waals surface area contributed by atoms with Crippen molar-refractivity contribution < 1.29 is 22.4 Å². The zero-order valence-corrected chi connectivity index (χ0v) is 18.6. The topological polar surface area (TPSA) is 86.8 Å². The molecule has 1 N–H and O–H groups in total. The number of anilines is 1. The van der Waals surface area contributed by atoms with Crippen molar-refractivity contribution in [1.29, 1.82) is 0 Å². The van der Waals surface area contributed by atoms with Crippen molar-refractivity contribution in [1.82, 2.24) is 9.62 Å². The Hall–Kier alpha value is -2.78. The number of nitrogens with one attached hydrogen (secondary N) is 1. The first-order valence-electron chi connectivity index (χ1n) is 9.94. The molecule has 0 saturated carbocycles. The molecule has 1 atom stereocenters. The van der Waals surface area contributed by atoms with E-state index in [4.69, 9.17) is 0 Å². The van der Waals surface area contributed by atoms with E-state index in [1.165, 1.54) is 17.0 Å². The molecule has 1 unspecified atom stereocenters. The quantitative estimate of drug-likeness (QED) is 0.735. The van der Waals surface area contributed by atoms with Crippen LogP contribution in [0.5, 0.6) is 0 Å². The average molecular weight is 448 g/mol. The molecule has 31 heavy (non-hydrogen) atoms. The normalized spacial score (nSPS) is 20.0. The number of aryl methyl sites for hydroxylation is 1. The molecule has 1 saturated heterocycles. The first kappa shape index (κ1) is 22.9. The Morgan fingerprint density at radius 3 is 2.23 bits per heavy atom. The third-order valence-electron chi connectivity index (χ3n) is 5.47. The molecule has 9 heteroatoms. The number of halogens is 1. The highest BCUT2D eigenvalue weighted by atomic mass is 32.2. The Bertz CT molecular complexity index is 1070. The fourth-order valence-corrected chi connectivity index (χ4v) is 4.49. The van der Waals surface area contributed by atoms with Gasteiger partial charge in [-0.3, -0.25) is 14.5 Å². The number of carbonyl (C=O) groups excluding carboxylic acids is 2. The molecule has 2 aromatic carbocycles. The molecule has 166 valence electrons.